The molecule has 2 fully saturated rings. The van der Waals surface area contributed by atoms with Gasteiger partial charge in [-0.05, 0) is 51.0 Å². The molecule has 2 atom stereocenters. The number of carboxylic acid groups (broad SMARTS) is 1. The average molecular weight is 253 g/mol. The first kappa shape index (κ1) is 13.9. The van der Waals surface area contributed by atoms with E-state index >= 15 is 0 Å². The quantitative estimate of drug-likeness (QED) is 0.790. The predicted molar refractivity (Wildman–Crippen MR) is 72.6 cm³/mol. The smallest absolute Gasteiger partial charge is 0.303 e. The molecule has 0 bridgehead atoms. The highest BCUT2D eigenvalue weighted by Crippen LogP contribution is 2.33. The molecule has 1 N–H and O–H groups in total. The summed E-state index contributed by atoms with van der Waals surface area (Å²) in [5.74, 6) is 0.938. The van der Waals surface area contributed by atoms with Crippen LogP contribution in [-0.4, -0.2) is 35.1 Å². The number of carboxylic acids is 1. The van der Waals surface area contributed by atoms with Crippen LogP contribution < -0.4 is 0 Å². The molecule has 0 amide bonds. The third-order valence-corrected chi connectivity index (χ3v) is 4.84. The topological polar surface area (TPSA) is 40.5 Å². The van der Waals surface area contributed by atoms with Gasteiger partial charge in [0.1, 0.15) is 0 Å². The fourth-order valence-electron chi connectivity index (χ4n) is 3.42. The zero-order valence-electron chi connectivity index (χ0n) is 11.6. The van der Waals surface area contributed by atoms with Crippen LogP contribution in [0.4, 0.5) is 0 Å². The van der Waals surface area contributed by atoms with Gasteiger partial charge in [0.15, 0.2) is 0 Å². The number of hydrogen-bond acceptors (Lipinski definition) is 2. The van der Waals surface area contributed by atoms with Crippen molar-refractivity contribution < 1.29 is 9.90 Å². The summed E-state index contributed by atoms with van der Waals surface area (Å²) in [6.45, 7) is 4.70. The molecule has 0 aromatic rings. The van der Waals surface area contributed by atoms with Crippen LogP contribution in [0.5, 0.6) is 0 Å². The van der Waals surface area contributed by atoms with Crippen molar-refractivity contribution in [1.29, 1.82) is 0 Å². The van der Waals surface area contributed by atoms with Crippen LogP contribution in [0.25, 0.3) is 0 Å². The Morgan fingerprint density at radius 2 is 2.00 bits per heavy atom. The van der Waals surface area contributed by atoms with E-state index in [1.165, 1.54) is 45.1 Å². The van der Waals surface area contributed by atoms with Crippen molar-refractivity contribution >= 4 is 5.97 Å². The number of rotatable bonds is 6. The summed E-state index contributed by atoms with van der Waals surface area (Å²) in [5, 5.41) is 8.76. The fourth-order valence-corrected chi connectivity index (χ4v) is 3.42. The van der Waals surface area contributed by atoms with E-state index in [1.54, 1.807) is 0 Å². The van der Waals surface area contributed by atoms with Gasteiger partial charge in [-0.2, -0.15) is 0 Å². The fraction of sp³-hybridized carbons (Fsp3) is 0.933. The molecule has 0 spiro atoms. The number of likely N-dealkylation sites (tertiary alicyclic amines) is 1. The second-order valence-corrected chi connectivity index (χ2v) is 6.32. The standard InChI is InChI=1S/C15H27NO2/c1-12(10-13-4-2-5-13)16-9-3-6-14(11-16)7-8-15(17)18/h12-14H,2-11H2,1H3,(H,17,18). The Labute approximate surface area is 111 Å². The molecular formula is C15H27NO2. The average Bonchev–Trinajstić information content (AvgIpc) is 2.31. The van der Waals surface area contributed by atoms with Crippen LogP contribution in [0, 0.1) is 11.8 Å². The van der Waals surface area contributed by atoms with Crippen molar-refractivity contribution in [1.82, 2.24) is 4.90 Å². The van der Waals surface area contributed by atoms with Crippen LogP contribution in [0.15, 0.2) is 0 Å². The van der Waals surface area contributed by atoms with Gasteiger partial charge in [-0.3, -0.25) is 4.79 Å². The van der Waals surface area contributed by atoms with Crippen LogP contribution >= 0.6 is 0 Å². The lowest BCUT2D eigenvalue weighted by atomic mass is 9.80. The normalized spacial score (nSPS) is 27.7. The van der Waals surface area contributed by atoms with Crippen molar-refractivity contribution in [3.05, 3.63) is 0 Å². The van der Waals surface area contributed by atoms with E-state index in [4.69, 9.17) is 5.11 Å². The molecule has 0 aromatic carbocycles. The largest absolute Gasteiger partial charge is 0.481 e. The Morgan fingerprint density at radius 3 is 2.61 bits per heavy atom. The zero-order valence-corrected chi connectivity index (χ0v) is 11.6. The van der Waals surface area contributed by atoms with E-state index in [0.717, 1.165) is 18.9 Å². The first-order valence-corrected chi connectivity index (χ1v) is 7.61. The molecule has 1 saturated carbocycles. The van der Waals surface area contributed by atoms with Crippen molar-refractivity contribution in [2.24, 2.45) is 11.8 Å². The molecule has 3 heteroatoms. The third-order valence-electron chi connectivity index (χ3n) is 4.84. The summed E-state index contributed by atoms with van der Waals surface area (Å²) < 4.78 is 0. The van der Waals surface area contributed by atoms with Crippen LogP contribution in [0.2, 0.25) is 0 Å². The maximum atomic E-state index is 10.6. The molecular weight excluding hydrogens is 226 g/mol. The van der Waals surface area contributed by atoms with Gasteiger partial charge in [0.2, 0.25) is 0 Å². The highest BCUT2D eigenvalue weighted by molar-refractivity contribution is 5.66. The molecule has 0 aromatic heterocycles. The Balaban J connectivity index is 1.72. The summed E-state index contributed by atoms with van der Waals surface area (Å²) in [6, 6.07) is 0.697. The van der Waals surface area contributed by atoms with Crippen LogP contribution in [0.3, 0.4) is 0 Å². The molecule has 2 rings (SSSR count). The van der Waals surface area contributed by atoms with Crippen molar-refractivity contribution in [3.8, 4) is 0 Å². The number of nitrogens with zero attached hydrogens (tertiary/aromatic N) is 1. The molecule has 2 unspecified atom stereocenters. The molecule has 18 heavy (non-hydrogen) atoms. The van der Waals surface area contributed by atoms with Crippen molar-refractivity contribution in [3.63, 3.8) is 0 Å². The minimum Gasteiger partial charge on any atom is -0.481 e. The number of aliphatic carboxylic acids is 1. The van der Waals surface area contributed by atoms with Crippen LogP contribution in [0.1, 0.15) is 58.3 Å². The minimum absolute atomic E-state index is 0.343. The molecule has 2 aliphatic rings. The van der Waals surface area contributed by atoms with E-state index in [0.29, 0.717) is 18.4 Å². The Morgan fingerprint density at radius 1 is 1.28 bits per heavy atom. The van der Waals surface area contributed by atoms with Gasteiger partial charge in [-0.15, -0.1) is 0 Å². The summed E-state index contributed by atoms with van der Waals surface area (Å²) in [7, 11) is 0. The lowest BCUT2D eigenvalue weighted by Crippen LogP contribution is -2.42. The van der Waals surface area contributed by atoms with Crippen LogP contribution in [-0.2, 0) is 4.79 Å². The molecule has 1 aliphatic carbocycles. The van der Waals surface area contributed by atoms with Crippen molar-refractivity contribution in [2.75, 3.05) is 13.1 Å². The van der Waals surface area contributed by atoms with Crippen molar-refractivity contribution in [2.45, 2.75) is 64.3 Å². The van der Waals surface area contributed by atoms with E-state index < -0.39 is 5.97 Å². The maximum Gasteiger partial charge on any atom is 0.303 e. The van der Waals surface area contributed by atoms with Gasteiger partial charge in [0, 0.05) is 19.0 Å². The molecule has 104 valence electrons. The zero-order chi connectivity index (χ0) is 13.0. The van der Waals surface area contributed by atoms with E-state index in [9.17, 15) is 4.79 Å². The second kappa shape index (κ2) is 6.55. The molecule has 1 heterocycles. The molecule has 1 saturated heterocycles. The van der Waals surface area contributed by atoms with Gasteiger partial charge in [-0.1, -0.05) is 19.3 Å². The third kappa shape index (κ3) is 3.98. The predicted octanol–water partition coefficient (Wildman–Crippen LogP) is 3.14. The van der Waals surface area contributed by atoms with Gasteiger partial charge < -0.3 is 10.0 Å². The molecule has 1 aliphatic heterocycles. The minimum atomic E-state index is -0.644. The van der Waals surface area contributed by atoms with E-state index in [2.05, 4.69) is 11.8 Å². The first-order chi connectivity index (χ1) is 8.65. The Bertz CT molecular complexity index is 276. The number of carbonyl (C=O) groups is 1. The van der Waals surface area contributed by atoms with E-state index in [1.807, 2.05) is 0 Å². The highest BCUT2D eigenvalue weighted by atomic mass is 16.4. The summed E-state index contributed by atoms with van der Waals surface area (Å²) in [4.78, 5) is 13.2. The molecule has 0 radical (unpaired) electrons. The monoisotopic (exact) mass is 253 g/mol. The lowest BCUT2D eigenvalue weighted by molar-refractivity contribution is -0.137. The van der Waals surface area contributed by atoms with Gasteiger partial charge in [0.05, 0.1) is 0 Å². The van der Waals surface area contributed by atoms with Gasteiger partial charge in [-0.25, -0.2) is 0 Å². The number of hydrogen-bond donors (Lipinski definition) is 1. The highest BCUT2D eigenvalue weighted by Gasteiger charge is 2.27. The maximum absolute atomic E-state index is 10.6. The lowest BCUT2D eigenvalue weighted by Gasteiger charge is -2.39. The Kier molecular flexibility index (Phi) is 5.04. The van der Waals surface area contributed by atoms with Gasteiger partial charge >= 0.3 is 5.97 Å². The summed E-state index contributed by atoms with van der Waals surface area (Å²) in [6.07, 6.45) is 9.32. The summed E-state index contributed by atoms with van der Waals surface area (Å²) in [5.41, 5.74) is 0. The Hall–Kier alpha value is -0.570. The second-order valence-electron chi connectivity index (χ2n) is 6.32. The SMILES string of the molecule is CC(CC1CCC1)N1CCCC(CCC(=O)O)C1. The summed E-state index contributed by atoms with van der Waals surface area (Å²) >= 11 is 0. The molecule has 3 nitrogen and oxygen atoms in total. The first-order valence-electron chi connectivity index (χ1n) is 7.61. The van der Waals surface area contributed by atoms with Gasteiger partial charge in [0.25, 0.3) is 0 Å². The van der Waals surface area contributed by atoms with E-state index in [-0.39, 0.29) is 0 Å². The number of piperidine rings is 1.